The quantitative estimate of drug-likeness (QED) is 0.712. The van der Waals surface area contributed by atoms with E-state index in [1.165, 1.54) is 11.3 Å². The Morgan fingerprint density at radius 1 is 1.40 bits per heavy atom. The van der Waals surface area contributed by atoms with E-state index in [0.29, 0.717) is 23.9 Å². The van der Waals surface area contributed by atoms with E-state index in [1.807, 2.05) is 23.6 Å². The van der Waals surface area contributed by atoms with Crippen LogP contribution in [-0.4, -0.2) is 34.0 Å². The van der Waals surface area contributed by atoms with E-state index >= 15 is 0 Å². The molecular weight excluding hydrogens is 360 g/mol. The Kier molecular flexibility index (Phi) is 4.50. The molecular formula is C17H17ClN4O2S. The Morgan fingerprint density at radius 3 is 3.00 bits per heavy atom. The fourth-order valence-electron chi connectivity index (χ4n) is 2.66. The van der Waals surface area contributed by atoms with E-state index in [0.717, 1.165) is 41.8 Å². The van der Waals surface area contributed by atoms with Crippen molar-refractivity contribution in [1.29, 1.82) is 0 Å². The Bertz CT molecular complexity index is 890. The van der Waals surface area contributed by atoms with Gasteiger partial charge < -0.3 is 19.9 Å². The summed E-state index contributed by atoms with van der Waals surface area (Å²) in [6.45, 7) is 2.52. The molecule has 25 heavy (non-hydrogen) atoms. The van der Waals surface area contributed by atoms with Gasteiger partial charge in [-0.1, -0.05) is 11.6 Å². The van der Waals surface area contributed by atoms with Crippen LogP contribution in [0, 0.1) is 0 Å². The van der Waals surface area contributed by atoms with Crippen LogP contribution in [0.2, 0.25) is 5.02 Å². The second kappa shape index (κ2) is 6.93. The second-order valence-corrected chi connectivity index (χ2v) is 7.06. The number of carbonyl (C=O) groups is 1. The minimum absolute atomic E-state index is 0.0183. The van der Waals surface area contributed by atoms with Gasteiger partial charge in [0.2, 0.25) is 0 Å². The van der Waals surface area contributed by atoms with Gasteiger partial charge >= 0.3 is 6.03 Å². The number of hydrogen-bond donors (Lipinski definition) is 2. The Hall–Kier alpha value is -2.25. The SMILES string of the molecule is O=C(NCc1cc2cc(Cl)c(OCc3cscn3)cc2[nH]1)N1CCC1. The molecule has 2 aromatic heterocycles. The van der Waals surface area contributed by atoms with Crippen LogP contribution in [0.3, 0.4) is 0 Å². The zero-order valence-corrected chi connectivity index (χ0v) is 15.0. The van der Waals surface area contributed by atoms with Crippen molar-refractivity contribution in [2.45, 2.75) is 19.6 Å². The first kappa shape index (κ1) is 16.2. The summed E-state index contributed by atoms with van der Waals surface area (Å²) in [4.78, 5) is 21.2. The van der Waals surface area contributed by atoms with Gasteiger partial charge in [0.05, 0.1) is 22.8 Å². The van der Waals surface area contributed by atoms with Gasteiger partial charge in [0.25, 0.3) is 0 Å². The molecule has 3 aromatic rings. The molecule has 0 unspecified atom stereocenters. The van der Waals surface area contributed by atoms with Crippen molar-refractivity contribution in [3.05, 3.63) is 45.5 Å². The number of ether oxygens (including phenoxy) is 1. The summed E-state index contributed by atoms with van der Waals surface area (Å²) in [6, 6.07) is 5.71. The number of thiazole rings is 1. The van der Waals surface area contributed by atoms with Crippen molar-refractivity contribution >= 4 is 39.9 Å². The number of benzene rings is 1. The average Bonchev–Trinajstić information content (AvgIpc) is 3.17. The third kappa shape index (κ3) is 3.57. The molecule has 1 fully saturated rings. The molecule has 1 saturated heterocycles. The third-order valence-corrected chi connectivity index (χ3v) is 5.09. The lowest BCUT2D eigenvalue weighted by Gasteiger charge is -2.30. The summed E-state index contributed by atoms with van der Waals surface area (Å²) in [5.41, 5.74) is 4.50. The molecule has 8 heteroatoms. The van der Waals surface area contributed by atoms with E-state index in [-0.39, 0.29) is 6.03 Å². The molecule has 130 valence electrons. The lowest BCUT2D eigenvalue weighted by Crippen LogP contribution is -2.47. The summed E-state index contributed by atoms with van der Waals surface area (Å²) >= 11 is 7.85. The zero-order valence-electron chi connectivity index (χ0n) is 13.4. The molecule has 1 aromatic carbocycles. The van der Waals surface area contributed by atoms with Gasteiger partial charge in [-0.05, 0) is 18.6 Å². The van der Waals surface area contributed by atoms with Crippen molar-refractivity contribution < 1.29 is 9.53 Å². The Balaban J connectivity index is 1.45. The number of fused-ring (bicyclic) bond motifs is 1. The number of H-pyrrole nitrogens is 1. The van der Waals surface area contributed by atoms with E-state index in [1.54, 1.807) is 10.4 Å². The zero-order chi connectivity index (χ0) is 17.2. The van der Waals surface area contributed by atoms with Gasteiger partial charge in [0.1, 0.15) is 12.4 Å². The summed E-state index contributed by atoms with van der Waals surface area (Å²) in [6.07, 6.45) is 1.09. The fourth-order valence-corrected chi connectivity index (χ4v) is 3.43. The van der Waals surface area contributed by atoms with Crippen LogP contribution >= 0.6 is 22.9 Å². The minimum Gasteiger partial charge on any atom is -0.486 e. The fraction of sp³-hybridized carbons (Fsp3) is 0.294. The van der Waals surface area contributed by atoms with Crippen LogP contribution in [0.5, 0.6) is 5.75 Å². The largest absolute Gasteiger partial charge is 0.486 e. The highest BCUT2D eigenvalue weighted by molar-refractivity contribution is 7.07. The van der Waals surface area contributed by atoms with Crippen molar-refractivity contribution in [3.8, 4) is 5.75 Å². The normalized spacial score (nSPS) is 13.7. The van der Waals surface area contributed by atoms with Gasteiger partial charge in [-0.25, -0.2) is 9.78 Å². The standard InChI is InChI=1S/C17H17ClN4O2S/c18-14-5-11-4-12(7-19-17(23)22-2-1-3-22)21-15(11)6-16(14)24-8-13-9-25-10-20-13/h4-6,9-10,21H,1-3,7-8H2,(H,19,23). The number of hydrogen-bond acceptors (Lipinski definition) is 4. The summed E-state index contributed by atoms with van der Waals surface area (Å²) in [5, 5.41) is 6.40. The number of likely N-dealkylation sites (tertiary alicyclic amines) is 1. The molecule has 1 aliphatic heterocycles. The number of aromatic amines is 1. The van der Waals surface area contributed by atoms with Crippen LogP contribution in [0.15, 0.2) is 29.1 Å². The van der Waals surface area contributed by atoms with Gasteiger partial charge in [-0.2, -0.15) is 0 Å². The lowest BCUT2D eigenvalue weighted by atomic mass is 10.2. The van der Waals surface area contributed by atoms with Crippen LogP contribution in [0.4, 0.5) is 4.79 Å². The van der Waals surface area contributed by atoms with Gasteiger partial charge in [0, 0.05) is 41.1 Å². The summed E-state index contributed by atoms with van der Waals surface area (Å²) < 4.78 is 5.77. The molecule has 0 aliphatic carbocycles. The molecule has 0 spiro atoms. The Labute approximate surface area is 153 Å². The Morgan fingerprint density at radius 2 is 2.28 bits per heavy atom. The van der Waals surface area contributed by atoms with Crippen molar-refractivity contribution in [2.75, 3.05) is 13.1 Å². The van der Waals surface area contributed by atoms with E-state index in [2.05, 4.69) is 15.3 Å². The molecule has 0 radical (unpaired) electrons. The maximum Gasteiger partial charge on any atom is 0.317 e. The number of aromatic nitrogens is 2. The lowest BCUT2D eigenvalue weighted by molar-refractivity contribution is 0.167. The highest BCUT2D eigenvalue weighted by atomic mass is 35.5. The van der Waals surface area contributed by atoms with Crippen LogP contribution in [0.25, 0.3) is 10.9 Å². The third-order valence-electron chi connectivity index (χ3n) is 4.16. The van der Waals surface area contributed by atoms with Gasteiger partial charge in [-0.15, -0.1) is 11.3 Å². The highest BCUT2D eigenvalue weighted by Crippen LogP contribution is 2.31. The number of carbonyl (C=O) groups excluding carboxylic acids is 1. The topological polar surface area (TPSA) is 70.2 Å². The highest BCUT2D eigenvalue weighted by Gasteiger charge is 2.19. The number of nitrogens with one attached hydrogen (secondary N) is 2. The summed E-state index contributed by atoms with van der Waals surface area (Å²) in [7, 11) is 0. The average molecular weight is 377 g/mol. The molecule has 0 atom stereocenters. The van der Waals surface area contributed by atoms with Crippen LogP contribution in [0.1, 0.15) is 17.8 Å². The maximum absolute atomic E-state index is 11.9. The molecule has 6 nitrogen and oxygen atoms in total. The first-order chi connectivity index (χ1) is 12.2. The second-order valence-electron chi connectivity index (χ2n) is 5.93. The van der Waals surface area contributed by atoms with Gasteiger partial charge in [0.15, 0.2) is 0 Å². The van der Waals surface area contributed by atoms with Crippen molar-refractivity contribution in [1.82, 2.24) is 20.2 Å². The predicted octanol–water partition coefficient (Wildman–Crippen LogP) is 3.77. The maximum atomic E-state index is 11.9. The summed E-state index contributed by atoms with van der Waals surface area (Å²) in [5.74, 6) is 0.611. The van der Waals surface area contributed by atoms with E-state index in [4.69, 9.17) is 16.3 Å². The van der Waals surface area contributed by atoms with Crippen LogP contribution in [-0.2, 0) is 13.2 Å². The monoisotopic (exact) mass is 376 g/mol. The number of halogens is 1. The molecule has 2 amide bonds. The number of nitrogens with zero attached hydrogens (tertiary/aromatic N) is 2. The first-order valence-electron chi connectivity index (χ1n) is 8.03. The number of rotatable bonds is 5. The smallest absolute Gasteiger partial charge is 0.317 e. The van der Waals surface area contributed by atoms with E-state index in [9.17, 15) is 4.79 Å². The first-order valence-corrected chi connectivity index (χ1v) is 9.35. The number of urea groups is 1. The van der Waals surface area contributed by atoms with Crippen LogP contribution < -0.4 is 10.1 Å². The van der Waals surface area contributed by atoms with Crippen molar-refractivity contribution in [3.63, 3.8) is 0 Å². The number of amides is 2. The molecule has 0 bridgehead atoms. The molecule has 2 N–H and O–H groups in total. The predicted molar refractivity (Wildman–Crippen MR) is 98.2 cm³/mol. The minimum atomic E-state index is -0.0183. The molecule has 3 heterocycles. The molecule has 4 rings (SSSR count). The van der Waals surface area contributed by atoms with E-state index < -0.39 is 0 Å². The molecule has 0 saturated carbocycles. The molecule has 1 aliphatic rings. The van der Waals surface area contributed by atoms with Gasteiger partial charge in [-0.3, -0.25) is 0 Å². The van der Waals surface area contributed by atoms with Crippen molar-refractivity contribution in [2.24, 2.45) is 0 Å².